The van der Waals surface area contributed by atoms with Gasteiger partial charge in [0.1, 0.15) is 19.4 Å². The number of nitrogens with two attached hydrogens (primary N) is 1. The van der Waals surface area contributed by atoms with Gasteiger partial charge in [-0.2, -0.15) is 0 Å². The predicted octanol–water partition coefficient (Wildman–Crippen LogP) is -1.33. The molecule has 0 atom stereocenters. The molecule has 0 aliphatic rings. The molecular weight excluding hydrogens is 129 g/mol. The largest absolute Gasteiger partial charge is 0.382 e. The standard InChI is InChI=1S/C5H4BN3O/c6-5-3(2-10)8-1-4(7)9-5/h1-2H,(H2,7,9). The molecule has 48 valence electrons. The van der Waals surface area contributed by atoms with Gasteiger partial charge in [-0.25, -0.2) is 9.97 Å². The van der Waals surface area contributed by atoms with Gasteiger partial charge in [0.2, 0.25) is 0 Å². The third-order valence-electron chi connectivity index (χ3n) is 0.960. The second kappa shape index (κ2) is 2.47. The molecule has 0 saturated heterocycles. The minimum absolute atomic E-state index is 0.0648. The van der Waals surface area contributed by atoms with Crippen molar-refractivity contribution in [3.8, 4) is 0 Å². The normalized spacial score (nSPS) is 9.20. The number of anilines is 1. The Labute approximate surface area is 58.9 Å². The van der Waals surface area contributed by atoms with Crippen molar-refractivity contribution in [2.75, 3.05) is 5.73 Å². The molecule has 5 heteroatoms. The molecule has 1 aromatic rings. The quantitative estimate of drug-likeness (QED) is 0.380. The van der Waals surface area contributed by atoms with Crippen LogP contribution in [0.3, 0.4) is 0 Å². The molecule has 1 rings (SSSR count). The minimum Gasteiger partial charge on any atom is -0.382 e. The first kappa shape index (κ1) is 6.73. The summed E-state index contributed by atoms with van der Waals surface area (Å²) in [5, 5.41) is 0. The van der Waals surface area contributed by atoms with E-state index >= 15 is 0 Å². The summed E-state index contributed by atoms with van der Waals surface area (Å²) in [6.07, 6.45) is 1.81. The summed E-state index contributed by atoms with van der Waals surface area (Å²) in [6.45, 7) is 0. The van der Waals surface area contributed by atoms with Crippen LogP contribution in [0.4, 0.5) is 5.82 Å². The van der Waals surface area contributed by atoms with Crippen LogP contribution in [0.25, 0.3) is 0 Å². The number of aromatic nitrogens is 2. The van der Waals surface area contributed by atoms with Gasteiger partial charge in [0.05, 0.1) is 6.20 Å². The maximum absolute atomic E-state index is 10.1. The Balaban J connectivity index is 3.19. The zero-order valence-electron chi connectivity index (χ0n) is 5.11. The van der Waals surface area contributed by atoms with Crippen molar-refractivity contribution in [1.82, 2.24) is 9.97 Å². The Morgan fingerprint density at radius 1 is 1.70 bits per heavy atom. The first-order valence-electron chi connectivity index (χ1n) is 2.57. The first-order valence-corrected chi connectivity index (χ1v) is 2.57. The SMILES string of the molecule is [B]c1nc(N)cnc1C=O. The van der Waals surface area contributed by atoms with Crippen molar-refractivity contribution in [2.24, 2.45) is 0 Å². The first-order chi connectivity index (χ1) is 4.74. The molecule has 0 unspecified atom stereocenters. The summed E-state index contributed by atoms with van der Waals surface area (Å²) in [5.74, 6) is 0.211. The molecular formula is C5H4BN3O. The van der Waals surface area contributed by atoms with Crippen LogP contribution in [0.15, 0.2) is 6.20 Å². The van der Waals surface area contributed by atoms with Gasteiger partial charge in [0, 0.05) is 5.59 Å². The van der Waals surface area contributed by atoms with Gasteiger partial charge in [-0.3, -0.25) is 4.79 Å². The van der Waals surface area contributed by atoms with Crippen molar-refractivity contribution in [3.63, 3.8) is 0 Å². The molecule has 0 bridgehead atoms. The highest BCUT2D eigenvalue weighted by Gasteiger charge is 1.97. The summed E-state index contributed by atoms with van der Waals surface area (Å²) in [7, 11) is 5.25. The zero-order valence-corrected chi connectivity index (χ0v) is 5.11. The van der Waals surface area contributed by atoms with Gasteiger partial charge >= 0.3 is 0 Å². The smallest absolute Gasteiger partial charge is 0.169 e. The molecule has 1 heterocycles. The van der Waals surface area contributed by atoms with E-state index < -0.39 is 0 Å². The molecule has 4 nitrogen and oxygen atoms in total. The number of nitrogens with zero attached hydrogens (tertiary/aromatic N) is 2. The van der Waals surface area contributed by atoms with E-state index in [9.17, 15) is 4.79 Å². The number of nitrogen functional groups attached to an aromatic ring is 1. The van der Waals surface area contributed by atoms with E-state index in [4.69, 9.17) is 13.6 Å². The number of carbonyl (C=O) groups excluding carboxylic acids is 1. The summed E-state index contributed by atoms with van der Waals surface area (Å²) in [6, 6.07) is 0. The molecule has 2 radical (unpaired) electrons. The van der Waals surface area contributed by atoms with E-state index in [0.717, 1.165) is 0 Å². The lowest BCUT2D eigenvalue weighted by molar-refractivity contribution is 0.112. The summed E-state index contributed by atoms with van der Waals surface area (Å²) < 4.78 is 0. The number of rotatable bonds is 1. The minimum atomic E-state index is 0.0648. The Morgan fingerprint density at radius 2 is 2.40 bits per heavy atom. The Kier molecular flexibility index (Phi) is 1.66. The van der Waals surface area contributed by atoms with Crippen LogP contribution in [-0.4, -0.2) is 24.1 Å². The van der Waals surface area contributed by atoms with Crippen molar-refractivity contribution in [1.29, 1.82) is 0 Å². The van der Waals surface area contributed by atoms with Gasteiger partial charge in [0.15, 0.2) is 6.29 Å². The molecule has 0 spiro atoms. The fourth-order valence-corrected chi connectivity index (χ4v) is 0.518. The fraction of sp³-hybridized carbons (Fsp3) is 0. The van der Waals surface area contributed by atoms with Crippen LogP contribution in [0.2, 0.25) is 0 Å². The highest BCUT2D eigenvalue weighted by atomic mass is 16.1. The average Bonchev–Trinajstić information content (AvgIpc) is 1.88. The van der Waals surface area contributed by atoms with Crippen LogP contribution < -0.4 is 11.3 Å². The predicted molar refractivity (Wildman–Crippen MR) is 37.2 cm³/mol. The van der Waals surface area contributed by atoms with Gasteiger partial charge in [-0.15, -0.1) is 0 Å². The molecule has 0 aliphatic carbocycles. The molecule has 0 amide bonds. The maximum Gasteiger partial charge on any atom is 0.169 e. The Bertz CT molecular complexity index is 263. The number of hydrogen-bond donors (Lipinski definition) is 1. The van der Waals surface area contributed by atoms with E-state index in [0.29, 0.717) is 6.29 Å². The molecule has 0 aromatic carbocycles. The molecule has 0 aliphatic heterocycles. The maximum atomic E-state index is 10.1. The van der Waals surface area contributed by atoms with E-state index in [1.807, 2.05) is 0 Å². The summed E-state index contributed by atoms with van der Waals surface area (Å²) in [4.78, 5) is 17.3. The van der Waals surface area contributed by atoms with Crippen molar-refractivity contribution >= 4 is 25.5 Å². The average molecular weight is 133 g/mol. The second-order valence-electron chi connectivity index (χ2n) is 1.68. The second-order valence-corrected chi connectivity index (χ2v) is 1.68. The van der Waals surface area contributed by atoms with E-state index in [1.165, 1.54) is 6.20 Å². The number of hydrogen-bond acceptors (Lipinski definition) is 4. The Morgan fingerprint density at radius 3 is 2.90 bits per heavy atom. The van der Waals surface area contributed by atoms with Gasteiger partial charge in [-0.1, -0.05) is 0 Å². The van der Waals surface area contributed by atoms with Crippen molar-refractivity contribution in [3.05, 3.63) is 11.9 Å². The zero-order chi connectivity index (χ0) is 7.56. The summed E-state index contributed by atoms with van der Waals surface area (Å²) in [5.41, 5.74) is 5.40. The topological polar surface area (TPSA) is 68.9 Å². The van der Waals surface area contributed by atoms with Crippen LogP contribution in [0.5, 0.6) is 0 Å². The van der Waals surface area contributed by atoms with E-state index in [2.05, 4.69) is 9.97 Å². The van der Waals surface area contributed by atoms with Crippen LogP contribution >= 0.6 is 0 Å². The van der Waals surface area contributed by atoms with E-state index in [-0.39, 0.29) is 17.1 Å². The number of aldehydes is 1. The van der Waals surface area contributed by atoms with Gasteiger partial charge in [0.25, 0.3) is 0 Å². The van der Waals surface area contributed by atoms with Gasteiger partial charge in [-0.05, 0) is 0 Å². The monoisotopic (exact) mass is 133 g/mol. The molecule has 1 aromatic heterocycles. The summed E-state index contributed by atoms with van der Waals surface area (Å²) >= 11 is 0. The molecule has 10 heavy (non-hydrogen) atoms. The van der Waals surface area contributed by atoms with Crippen LogP contribution in [0.1, 0.15) is 10.5 Å². The lowest BCUT2D eigenvalue weighted by Crippen LogP contribution is -2.17. The van der Waals surface area contributed by atoms with E-state index in [1.54, 1.807) is 0 Å². The van der Waals surface area contributed by atoms with Crippen LogP contribution in [-0.2, 0) is 0 Å². The van der Waals surface area contributed by atoms with Crippen LogP contribution in [0, 0.1) is 0 Å². The fourth-order valence-electron chi connectivity index (χ4n) is 0.518. The Hall–Kier alpha value is -1.39. The lowest BCUT2D eigenvalue weighted by atomic mass is 10.0. The van der Waals surface area contributed by atoms with Gasteiger partial charge < -0.3 is 5.73 Å². The number of carbonyl (C=O) groups is 1. The third kappa shape index (κ3) is 1.13. The van der Waals surface area contributed by atoms with Crippen molar-refractivity contribution in [2.45, 2.75) is 0 Å². The molecule has 0 fully saturated rings. The highest BCUT2D eigenvalue weighted by Crippen LogP contribution is 1.88. The lowest BCUT2D eigenvalue weighted by Gasteiger charge is -1.96. The molecule has 2 N–H and O–H groups in total. The third-order valence-corrected chi connectivity index (χ3v) is 0.960. The van der Waals surface area contributed by atoms with Crippen molar-refractivity contribution < 1.29 is 4.79 Å². The highest BCUT2D eigenvalue weighted by molar-refractivity contribution is 6.33. The molecule has 0 saturated carbocycles.